The van der Waals surface area contributed by atoms with Crippen LogP contribution in [0.4, 0.5) is 0 Å². The number of rotatable bonds is 52. The Morgan fingerprint density at radius 2 is 0.847 bits per heavy atom. The van der Waals surface area contributed by atoms with Gasteiger partial charge in [-0.1, -0.05) is 245 Å². The third-order valence-electron chi connectivity index (χ3n) is 12.5. The molecule has 0 radical (unpaired) electrons. The van der Waals surface area contributed by atoms with Gasteiger partial charge >= 0.3 is 7.82 Å². The van der Waals surface area contributed by atoms with Crippen LogP contribution in [0.3, 0.4) is 0 Å². The van der Waals surface area contributed by atoms with Crippen LogP contribution in [0.1, 0.15) is 232 Å². The number of aliphatic hydroxyl groups is 1. The zero-order valence-corrected chi connectivity index (χ0v) is 48.0. The Hall–Kier alpha value is -2.84. The Morgan fingerprint density at radius 3 is 1.28 bits per heavy atom. The molecule has 0 heterocycles. The van der Waals surface area contributed by atoms with Crippen molar-refractivity contribution in [3.8, 4) is 0 Å². The maximum absolute atomic E-state index is 13.0. The second-order valence-electron chi connectivity index (χ2n) is 20.6. The average molecular weight is 1020 g/mol. The largest absolute Gasteiger partial charge is 0.472 e. The third kappa shape index (κ3) is 54.9. The number of allylic oxidation sites excluding steroid dienone is 17. The van der Waals surface area contributed by atoms with E-state index in [1.807, 2.05) is 27.2 Å². The van der Waals surface area contributed by atoms with E-state index in [1.54, 1.807) is 6.08 Å². The van der Waals surface area contributed by atoms with Crippen molar-refractivity contribution in [3.63, 3.8) is 0 Å². The van der Waals surface area contributed by atoms with Gasteiger partial charge < -0.3 is 19.8 Å². The summed E-state index contributed by atoms with van der Waals surface area (Å²) >= 11 is 0. The van der Waals surface area contributed by atoms with E-state index < -0.39 is 20.0 Å². The maximum atomic E-state index is 13.0. The number of phosphoric acid groups is 1. The van der Waals surface area contributed by atoms with Crippen LogP contribution in [-0.2, 0) is 18.4 Å². The number of hydrogen-bond donors (Lipinski definition) is 3. The smallest absolute Gasteiger partial charge is 0.387 e. The fourth-order valence-corrected chi connectivity index (χ4v) is 8.66. The summed E-state index contributed by atoms with van der Waals surface area (Å²) in [5.74, 6) is -0.209. The van der Waals surface area contributed by atoms with Crippen molar-refractivity contribution in [2.75, 3.05) is 40.9 Å². The van der Waals surface area contributed by atoms with Gasteiger partial charge in [0.05, 0.1) is 39.9 Å². The van der Waals surface area contributed by atoms with Crippen LogP contribution in [0, 0.1) is 0 Å². The lowest BCUT2D eigenvalue weighted by Crippen LogP contribution is -2.45. The van der Waals surface area contributed by atoms with Gasteiger partial charge in [-0.3, -0.25) is 13.8 Å². The van der Waals surface area contributed by atoms with Crippen molar-refractivity contribution in [1.29, 1.82) is 0 Å². The maximum Gasteiger partial charge on any atom is 0.472 e. The molecule has 0 aromatic rings. The molecule has 0 saturated heterocycles. The molecule has 0 spiro atoms. The standard InChI is InChI=1S/C63H111N2O6P/c1-6-8-10-12-14-16-18-20-22-24-26-28-30-31-32-33-35-37-39-41-43-45-47-49-51-53-55-57-63(67)64-61(60-71-72(68,69)70-59-58-65(3,4)5)62(66)56-54-52-50-48-46-44-42-40-38-36-34-29-27-25-23-21-19-17-15-13-11-9-7-2/h8,10,14,16,20,22,26,28,31-32,35,37,41,43,46,48,54,56,61-62,66H,6-7,9,11-13,15,17-19,21,23-25,27,29-30,33-34,36,38-40,42,44-45,47,49-53,55,57-60H2,1-5H3,(H-,64,67,68,69)/p+1/b10-8-,16-14-,22-20-,28-26-,32-31-,37-35-,43-41-,48-46+,56-54+. The monoisotopic (exact) mass is 1020 g/mol. The van der Waals surface area contributed by atoms with E-state index in [0.29, 0.717) is 17.4 Å². The molecule has 0 aliphatic heterocycles. The van der Waals surface area contributed by atoms with Crippen LogP contribution in [0.25, 0.3) is 0 Å². The van der Waals surface area contributed by atoms with Gasteiger partial charge in [0, 0.05) is 6.42 Å². The lowest BCUT2D eigenvalue weighted by molar-refractivity contribution is -0.870. The van der Waals surface area contributed by atoms with Gasteiger partial charge in [0.1, 0.15) is 13.2 Å². The third-order valence-corrected chi connectivity index (χ3v) is 13.5. The number of likely N-dealkylation sites (N-methyl/N-ethyl adjacent to an activating group) is 1. The van der Waals surface area contributed by atoms with E-state index in [0.717, 1.165) is 103 Å². The number of phosphoric ester groups is 1. The van der Waals surface area contributed by atoms with E-state index in [1.165, 1.54) is 109 Å². The van der Waals surface area contributed by atoms with E-state index in [-0.39, 0.29) is 19.1 Å². The first-order valence-corrected chi connectivity index (χ1v) is 30.8. The van der Waals surface area contributed by atoms with Crippen molar-refractivity contribution in [1.82, 2.24) is 5.32 Å². The normalized spacial score (nSPS) is 14.7. The van der Waals surface area contributed by atoms with Gasteiger partial charge in [-0.25, -0.2) is 4.57 Å². The molecule has 0 aliphatic carbocycles. The SMILES string of the molecule is CC/C=C\C/C=C\C/C=C\C/C=C\C/C=C\C/C=C\C/C=C\CCCCCCCC(=O)NC(COP(=O)(O)OCC[N+](C)(C)C)C(O)/C=C/CC/C=C/CCCCCCCCCCCCCCCCCCC. The highest BCUT2D eigenvalue weighted by molar-refractivity contribution is 7.47. The summed E-state index contributed by atoms with van der Waals surface area (Å²) in [6.07, 6.45) is 77.6. The number of quaternary nitrogens is 1. The van der Waals surface area contributed by atoms with Gasteiger partial charge in [0.15, 0.2) is 0 Å². The Kier molecular flexibility index (Phi) is 50.9. The van der Waals surface area contributed by atoms with Gasteiger partial charge in [-0.05, 0) is 89.9 Å². The molecule has 8 nitrogen and oxygen atoms in total. The number of nitrogens with zero attached hydrogens (tertiary/aromatic N) is 1. The van der Waals surface area contributed by atoms with Crippen LogP contribution >= 0.6 is 7.82 Å². The van der Waals surface area contributed by atoms with Gasteiger partial charge in [0.25, 0.3) is 0 Å². The van der Waals surface area contributed by atoms with E-state index in [2.05, 4.69) is 116 Å². The number of unbranched alkanes of at least 4 members (excludes halogenated alkanes) is 23. The summed E-state index contributed by atoms with van der Waals surface area (Å²) in [5.41, 5.74) is 0. The molecule has 0 fully saturated rings. The van der Waals surface area contributed by atoms with Crippen LogP contribution in [0.5, 0.6) is 0 Å². The van der Waals surface area contributed by atoms with Crippen LogP contribution < -0.4 is 5.32 Å². The molecule has 0 saturated carbocycles. The predicted molar refractivity (Wildman–Crippen MR) is 313 cm³/mol. The average Bonchev–Trinajstić information content (AvgIpc) is 3.34. The Balaban J connectivity index is 4.34. The van der Waals surface area contributed by atoms with E-state index in [4.69, 9.17) is 9.05 Å². The molecule has 3 atom stereocenters. The summed E-state index contributed by atoms with van der Waals surface area (Å²) in [6, 6.07) is -0.883. The number of aliphatic hydroxyl groups excluding tert-OH is 1. The van der Waals surface area contributed by atoms with Crippen LogP contribution in [0.2, 0.25) is 0 Å². The van der Waals surface area contributed by atoms with Gasteiger partial charge in [-0.15, -0.1) is 0 Å². The minimum atomic E-state index is -4.37. The number of nitrogens with one attached hydrogen (secondary N) is 1. The molecule has 9 heteroatoms. The quantitative estimate of drug-likeness (QED) is 0.0243. The first kappa shape index (κ1) is 69.2. The van der Waals surface area contributed by atoms with Gasteiger partial charge in [-0.2, -0.15) is 0 Å². The zero-order chi connectivity index (χ0) is 52.7. The molecule has 0 aromatic carbocycles. The molecule has 0 bridgehead atoms. The first-order valence-electron chi connectivity index (χ1n) is 29.3. The summed E-state index contributed by atoms with van der Waals surface area (Å²) in [6.45, 7) is 4.67. The number of carbonyl (C=O) groups is 1. The second-order valence-corrected chi connectivity index (χ2v) is 22.1. The molecule has 1 amide bonds. The van der Waals surface area contributed by atoms with Crippen molar-refractivity contribution in [2.45, 2.75) is 244 Å². The Labute approximate surface area is 444 Å². The second kappa shape index (κ2) is 53.0. The molecule has 3 unspecified atom stereocenters. The topological polar surface area (TPSA) is 105 Å². The molecule has 0 aromatic heterocycles. The summed E-state index contributed by atoms with van der Waals surface area (Å²) in [7, 11) is 1.53. The molecule has 0 rings (SSSR count). The fraction of sp³-hybridized carbons (Fsp3) is 0.698. The predicted octanol–water partition coefficient (Wildman–Crippen LogP) is 18.0. The Bertz CT molecular complexity index is 1540. The van der Waals surface area contributed by atoms with Crippen molar-refractivity contribution in [3.05, 3.63) is 109 Å². The summed E-state index contributed by atoms with van der Waals surface area (Å²) < 4.78 is 23.7. The molecule has 0 aliphatic rings. The minimum absolute atomic E-state index is 0.0460. The number of hydrogen-bond acceptors (Lipinski definition) is 5. The van der Waals surface area contributed by atoms with Crippen molar-refractivity contribution >= 4 is 13.7 Å². The van der Waals surface area contributed by atoms with E-state index >= 15 is 0 Å². The molecule has 3 N–H and O–H groups in total. The highest BCUT2D eigenvalue weighted by Crippen LogP contribution is 2.43. The highest BCUT2D eigenvalue weighted by Gasteiger charge is 2.27. The molecule has 72 heavy (non-hydrogen) atoms. The van der Waals surface area contributed by atoms with Crippen molar-refractivity contribution in [2.24, 2.45) is 0 Å². The van der Waals surface area contributed by atoms with Gasteiger partial charge in [0.2, 0.25) is 5.91 Å². The van der Waals surface area contributed by atoms with E-state index in [9.17, 15) is 19.4 Å². The number of amides is 1. The molecule has 414 valence electrons. The lowest BCUT2D eigenvalue weighted by atomic mass is 10.0. The van der Waals surface area contributed by atoms with Crippen LogP contribution in [0.15, 0.2) is 109 Å². The first-order chi connectivity index (χ1) is 35.0. The summed E-state index contributed by atoms with van der Waals surface area (Å²) in [4.78, 5) is 23.3. The zero-order valence-electron chi connectivity index (χ0n) is 47.1. The minimum Gasteiger partial charge on any atom is -0.387 e. The van der Waals surface area contributed by atoms with Crippen LogP contribution in [-0.4, -0.2) is 73.4 Å². The molecular weight excluding hydrogens is 912 g/mol. The number of carbonyl (C=O) groups excluding carboxylic acids is 1. The molecular formula is C63H112N2O6P+. The Morgan fingerprint density at radius 1 is 0.486 bits per heavy atom. The lowest BCUT2D eigenvalue weighted by Gasteiger charge is -2.25. The van der Waals surface area contributed by atoms with Crippen molar-refractivity contribution < 1.29 is 32.9 Å². The summed E-state index contributed by atoms with van der Waals surface area (Å²) in [5, 5.41) is 13.9. The highest BCUT2D eigenvalue weighted by atomic mass is 31.2. The fourth-order valence-electron chi connectivity index (χ4n) is 7.92.